The first-order valence-corrected chi connectivity index (χ1v) is 5.52. The van der Waals surface area contributed by atoms with Gasteiger partial charge in [-0.15, -0.1) is 0 Å². The zero-order chi connectivity index (χ0) is 12.1. The molecule has 1 heterocycles. The maximum absolute atomic E-state index is 8.95. The van der Waals surface area contributed by atoms with Crippen molar-refractivity contribution in [3.8, 4) is 11.6 Å². The number of hydrogen-bond acceptors (Lipinski definition) is 4. The van der Waals surface area contributed by atoms with Crippen LogP contribution in [-0.2, 0) is 6.42 Å². The van der Waals surface area contributed by atoms with Gasteiger partial charge in [0, 0.05) is 18.9 Å². The summed E-state index contributed by atoms with van der Waals surface area (Å²) >= 11 is 5.67. The zero-order valence-corrected chi connectivity index (χ0v) is 9.76. The van der Waals surface area contributed by atoms with Crippen LogP contribution in [0.15, 0.2) is 36.5 Å². The van der Waals surface area contributed by atoms with Crippen molar-refractivity contribution in [2.45, 2.75) is 6.42 Å². The Bertz CT molecular complexity index is 505. The third kappa shape index (κ3) is 3.15. The summed E-state index contributed by atoms with van der Waals surface area (Å²) in [5, 5.41) is 9.09. The molecular formula is C12H11ClN2O2. The Kier molecular flexibility index (Phi) is 3.90. The second kappa shape index (κ2) is 5.61. The summed E-state index contributed by atoms with van der Waals surface area (Å²) in [5.74, 6) is 1.05. The smallest absolute Gasteiger partial charge is 0.225 e. The van der Waals surface area contributed by atoms with E-state index in [0.29, 0.717) is 18.1 Å². The lowest BCUT2D eigenvalue weighted by atomic mass is 10.1. The van der Waals surface area contributed by atoms with Gasteiger partial charge in [-0.2, -0.15) is 4.98 Å². The summed E-state index contributed by atoms with van der Waals surface area (Å²) in [6.07, 6.45) is 2.06. The van der Waals surface area contributed by atoms with Crippen molar-refractivity contribution in [3.05, 3.63) is 47.4 Å². The number of aromatic nitrogens is 2. The van der Waals surface area contributed by atoms with Crippen LogP contribution in [0.4, 0.5) is 0 Å². The van der Waals surface area contributed by atoms with Crippen molar-refractivity contribution >= 4 is 11.6 Å². The first-order chi connectivity index (χ1) is 8.29. The summed E-state index contributed by atoms with van der Waals surface area (Å²) in [7, 11) is 0. The predicted molar refractivity (Wildman–Crippen MR) is 64.3 cm³/mol. The Labute approximate surface area is 104 Å². The van der Waals surface area contributed by atoms with Crippen molar-refractivity contribution < 1.29 is 9.84 Å². The number of rotatable bonds is 4. The summed E-state index contributed by atoms with van der Waals surface area (Å²) in [6.45, 7) is 0.0743. The van der Waals surface area contributed by atoms with Gasteiger partial charge in [0.1, 0.15) is 5.75 Å². The van der Waals surface area contributed by atoms with Crippen molar-refractivity contribution in [3.63, 3.8) is 0 Å². The van der Waals surface area contributed by atoms with E-state index in [9.17, 15) is 0 Å². The number of ether oxygens (including phenoxy) is 1. The average molecular weight is 251 g/mol. The molecule has 17 heavy (non-hydrogen) atoms. The highest BCUT2D eigenvalue weighted by Crippen LogP contribution is 2.24. The van der Waals surface area contributed by atoms with Crippen LogP contribution in [0.5, 0.6) is 11.6 Å². The molecule has 0 aliphatic carbocycles. The van der Waals surface area contributed by atoms with E-state index in [2.05, 4.69) is 9.97 Å². The second-order valence-corrected chi connectivity index (χ2v) is 3.69. The number of aliphatic hydroxyl groups excluding tert-OH is 1. The predicted octanol–water partition coefficient (Wildman–Crippen LogP) is 2.46. The lowest BCUT2D eigenvalue weighted by Gasteiger charge is -2.09. The Hall–Kier alpha value is -1.65. The number of halogens is 1. The monoisotopic (exact) mass is 250 g/mol. The fourth-order valence-corrected chi connectivity index (χ4v) is 1.56. The van der Waals surface area contributed by atoms with E-state index in [-0.39, 0.29) is 11.9 Å². The minimum absolute atomic E-state index is 0.0743. The quantitative estimate of drug-likeness (QED) is 0.847. The lowest BCUT2D eigenvalue weighted by Crippen LogP contribution is -1.96. The van der Waals surface area contributed by atoms with E-state index in [0.717, 1.165) is 5.56 Å². The number of para-hydroxylation sites is 1. The molecule has 0 radical (unpaired) electrons. The molecule has 4 nitrogen and oxygen atoms in total. The standard InChI is InChI=1S/C12H11ClN2O2/c13-12-14-7-5-11(15-12)17-10-4-2-1-3-9(10)6-8-16/h1-5,7,16H,6,8H2. The maximum atomic E-state index is 8.95. The van der Waals surface area contributed by atoms with Gasteiger partial charge in [0.25, 0.3) is 0 Å². The van der Waals surface area contributed by atoms with E-state index in [1.807, 2.05) is 24.3 Å². The van der Waals surface area contributed by atoms with Gasteiger partial charge in [-0.25, -0.2) is 4.98 Å². The molecular weight excluding hydrogens is 240 g/mol. The molecule has 0 fully saturated rings. The first-order valence-electron chi connectivity index (χ1n) is 5.15. The van der Waals surface area contributed by atoms with Crippen molar-refractivity contribution in [1.82, 2.24) is 9.97 Å². The van der Waals surface area contributed by atoms with Gasteiger partial charge >= 0.3 is 0 Å². The lowest BCUT2D eigenvalue weighted by molar-refractivity contribution is 0.297. The van der Waals surface area contributed by atoms with Crippen LogP contribution in [0.1, 0.15) is 5.56 Å². The normalized spacial score (nSPS) is 10.2. The maximum Gasteiger partial charge on any atom is 0.225 e. The molecule has 1 N–H and O–H groups in total. The largest absolute Gasteiger partial charge is 0.439 e. The molecule has 2 aromatic rings. The molecule has 0 atom stereocenters. The summed E-state index contributed by atoms with van der Waals surface area (Å²) < 4.78 is 5.60. The summed E-state index contributed by atoms with van der Waals surface area (Å²) in [5.41, 5.74) is 0.921. The SMILES string of the molecule is OCCc1ccccc1Oc1ccnc(Cl)n1. The summed E-state index contributed by atoms with van der Waals surface area (Å²) in [4.78, 5) is 7.71. The van der Waals surface area contributed by atoms with Gasteiger partial charge in [0.05, 0.1) is 0 Å². The molecule has 0 bridgehead atoms. The van der Waals surface area contributed by atoms with Crippen LogP contribution in [0.3, 0.4) is 0 Å². The molecule has 0 aliphatic rings. The van der Waals surface area contributed by atoms with Gasteiger partial charge in [0.15, 0.2) is 0 Å². The van der Waals surface area contributed by atoms with Gasteiger partial charge < -0.3 is 9.84 Å². The fraction of sp³-hybridized carbons (Fsp3) is 0.167. The first kappa shape index (κ1) is 11.8. The number of aliphatic hydroxyl groups is 1. The van der Waals surface area contributed by atoms with Crippen molar-refractivity contribution in [2.75, 3.05) is 6.61 Å². The molecule has 1 aromatic carbocycles. The van der Waals surface area contributed by atoms with Crippen molar-refractivity contribution in [1.29, 1.82) is 0 Å². The molecule has 0 unspecified atom stereocenters. The minimum Gasteiger partial charge on any atom is -0.439 e. The number of nitrogens with zero attached hydrogens (tertiary/aromatic N) is 2. The van der Waals surface area contributed by atoms with Gasteiger partial charge in [-0.05, 0) is 29.7 Å². The Morgan fingerprint density at radius 2 is 2.06 bits per heavy atom. The third-order valence-electron chi connectivity index (χ3n) is 2.17. The molecule has 0 aliphatic heterocycles. The topological polar surface area (TPSA) is 55.2 Å². The number of benzene rings is 1. The summed E-state index contributed by atoms with van der Waals surface area (Å²) in [6, 6.07) is 9.10. The van der Waals surface area contributed by atoms with Gasteiger partial charge in [0.2, 0.25) is 11.2 Å². The second-order valence-electron chi connectivity index (χ2n) is 3.35. The highest BCUT2D eigenvalue weighted by Gasteiger charge is 2.05. The van der Waals surface area contributed by atoms with E-state index in [1.54, 1.807) is 6.07 Å². The molecule has 0 amide bonds. The molecule has 0 saturated carbocycles. The Balaban J connectivity index is 2.23. The van der Waals surface area contributed by atoms with E-state index < -0.39 is 0 Å². The zero-order valence-electron chi connectivity index (χ0n) is 9.01. The van der Waals surface area contributed by atoms with E-state index in [4.69, 9.17) is 21.4 Å². The van der Waals surface area contributed by atoms with Crippen molar-refractivity contribution in [2.24, 2.45) is 0 Å². The van der Waals surface area contributed by atoms with Crippen LogP contribution < -0.4 is 4.74 Å². The molecule has 0 saturated heterocycles. The number of hydrogen-bond donors (Lipinski definition) is 1. The van der Waals surface area contributed by atoms with Crippen LogP contribution in [0.2, 0.25) is 5.28 Å². The van der Waals surface area contributed by atoms with Crippen LogP contribution in [-0.4, -0.2) is 21.7 Å². The average Bonchev–Trinajstić information content (AvgIpc) is 2.32. The molecule has 88 valence electrons. The fourth-order valence-electron chi connectivity index (χ4n) is 1.42. The highest BCUT2D eigenvalue weighted by molar-refractivity contribution is 6.28. The molecule has 2 rings (SSSR count). The molecule has 5 heteroatoms. The molecule has 1 aromatic heterocycles. The minimum atomic E-state index is 0.0743. The third-order valence-corrected chi connectivity index (χ3v) is 2.35. The Morgan fingerprint density at radius 3 is 2.82 bits per heavy atom. The van der Waals surface area contributed by atoms with Gasteiger partial charge in [-0.3, -0.25) is 0 Å². The molecule has 0 spiro atoms. The van der Waals surface area contributed by atoms with E-state index in [1.165, 1.54) is 6.20 Å². The Morgan fingerprint density at radius 1 is 1.24 bits per heavy atom. The van der Waals surface area contributed by atoms with Crippen LogP contribution in [0.25, 0.3) is 0 Å². The van der Waals surface area contributed by atoms with Crippen LogP contribution >= 0.6 is 11.6 Å². The van der Waals surface area contributed by atoms with Crippen LogP contribution in [0, 0.1) is 0 Å². The highest BCUT2D eigenvalue weighted by atomic mass is 35.5. The van der Waals surface area contributed by atoms with E-state index >= 15 is 0 Å². The van der Waals surface area contributed by atoms with Gasteiger partial charge in [-0.1, -0.05) is 18.2 Å².